The lowest BCUT2D eigenvalue weighted by Gasteiger charge is -2.06. The van der Waals surface area contributed by atoms with Crippen LogP contribution in [0, 0.1) is 11.6 Å². The first-order valence-corrected chi connectivity index (χ1v) is 5.33. The van der Waals surface area contributed by atoms with Gasteiger partial charge >= 0.3 is 5.97 Å². The second-order valence-electron chi connectivity index (χ2n) is 3.51. The fourth-order valence-electron chi connectivity index (χ4n) is 1.56. The van der Waals surface area contributed by atoms with Gasteiger partial charge in [-0.25, -0.2) is 13.6 Å². The van der Waals surface area contributed by atoms with Crippen molar-refractivity contribution in [2.75, 3.05) is 6.61 Å². The summed E-state index contributed by atoms with van der Waals surface area (Å²) in [5, 5.41) is 0. The molecule has 1 heterocycles. The molecule has 0 aliphatic carbocycles. The van der Waals surface area contributed by atoms with Crippen LogP contribution in [0.25, 0.3) is 11.3 Å². The number of halogens is 2. The number of hydrogen-bond acceptors (Lipinski definition) is 3. The van der Waals surface area contributed by atoms with E-state index in [1.807, 2.05) is 0 Å². The highest BCUT2D eigenvalue weighted by atomic mass is 19.1. The molecule has 0 spiro atoms. The molecule has 0 unspecified atom stereocenters. The lowest BCUT2D eigenvalue weighted by atomic mass is 10.1. The minimum Gasteiger partial charge on any atom is -0.464 e. The third-order valence-electron chi connectivity index (χ3n) is 2.33. The maximum Gasteiger partial charge on any atom is 0.344 e. The molecule has 0 atom stereocenters. The van der Waals surface area contributed by atoms with Gasteiger partial charge in [-0.2, -0.15) is 0 Å². The van der Waals surface area contributed by atoms with Crippen molar-refractivity contribution in [2.24, 2.45) is 0 Å². The molecule has 0 radical (unpaired) electrons. The zero-order chi connectivity index (χ0) is 13.1. The van der Waals surface area contributed by atoms with Gasteiger partial charge in [-0.1, -0.05) is 0 Å². The molecule has 94 valence electrons. The van der Waals surface area contributed by atoms with Crippen LogP contribution in [0.2, 0.25) is 0 Å². The van der Waals surface area contributed by atoms with Gasteiger partial charge in [0, 0.05) is 5.56 Å². The van der Waals surface area contributed by atoms with E-state index < -0.39 is 23.2 Å². The van der Waals surface area contributed by atoms with E-state index in [1.165, 1.54) is 6.26 Å². The van der Waals surface area contributed by atoms with Crippen LogP contribution in [0.4, 0.5) is 8.78 Å². The van der Waals surface area contributed by atoms with Crippen molar-refractivity contribution >= 4 is 5.97 Å². The first-order valence-electron chi connectivity index (χ1n) is 5.33. The molecule has 0 saturated carbocycles. The Morgan fingerprint density at radius 1 is 1.33 bits per heavy atom. The lowest BCUT2D eigenvalue weighted by molar-refractivity contribution is 0.0515. The summed E-state index contributed by atoms with van der Waals surface area (Å²) in [4.78, 5) is 11.4. The zero-order valence-corrected chi connectivity index (χ0v) is 9.57. The van der Waals surface area contributed by atoms with Gasteiger partial charge in [0.15, 0.2) is 0 Å². The summed E-state index contributed by atoms with van der Waals surface area (Å²) in [6, 6.07) is 5.24. The molecule has 0 fully saturated rings. The predicted molar refractivity (Wildman–Crippen MR) is 60.0 cm³/mol. The lowest BCUT2D eigenvalue weighted by Crippen LogP contribution is -2.10. The third-order valence-corrected chi connectivity index (χ3v) is 2.33. The molecule has 0 N–H and O–H groups in total. The molecular weight excluding hydrogens is 242 g/mol. The van der Waals surface area contributed by atoms with Gasteiger partial charge in [0.25, 0.3) is 0 Å². The Bertz CT molecular complexity index is 539. The van der Waals surface area contributed by atoms with Crippen molar-refractivity contribution in [3.8, 4) is 11.3 Å². The van der Waals surface area contributed by atoms with Crippen LogP contribution in [-0.2, 0) is 4.74 Å². The van der Waals surface area contributed by atoms with Gasteiger partial charge in [0.2, 0.25) is 0 Å². The summed E-state index contributed by atoms with van der Waals surface area (Å²) < 4.78 is 37.0. The number of furan rings is 1. The van der Waals surface area contributed by atoms with E-state index in [0.717, 1.165) is 12.1 Å². The van der Waals surface area contributed by atoms with Gasteiger partial charge in [-0.15, -0.1) is 0 Å². The summed E-state index contributed by atoms with van der Waals surface area (Å²) in [6.07, 6.45) is 1.39. The van der Waals surface area contributed by atoms with Crippen molar-refractivity contribution in [1.29, 1.82) is 0 Å². The summed E-state index contributed by atoms with van der Waals surface area (Å²) in [5.41, 5.74) is -0.463. The van der Waals surface area contributed by atoms with Gasteiger partial charge in [0.05, 0.1) is 12.9 Å². The molecular formula is C13H10F2O3. The quantitative estimate of drug-likeness (QED) is 0.786. The molecule has 2 aromatic rings. The number of carbonyl (C=O) groups excluding carboxylic acids is 1. The number of hydrogen-bond donors (Lipinski definition) is 0. The molecule has 5 heteroatoms. The van der Waals surface area contributed by atoms with Crippen LogP contribution in [0.1, 0.15) is 17.3 Å². The summed E-state index contributed by atoms with van der Waals surface area (Å²) in [5.74, 6) is -2.64. The highest BCUT2D eigenvalue weighted by Crippen LogP contribution is 2.25. The summed E-state index contributed by atoms with van der Waals surface area (Å²) in [7, 11) is 0. The van der Waals surface area contributed by atoms with E-state index >= 15 is 0 Å². The van der Waals surface area contributed by atoms with E-state index in [2.05, 4.69) is 4.74 Å². The second-order valence-corrected chi connectivity index (χ2v) is 3.51. The van der Waals surface area contributed by atoms with Gasteiger partial charge in [0.1, 0.15) is 23.0 Å². The molecule has 1 aromatic carbocycles. The monoisotopic (exact) mass is 252 g/mol. The Balaban J connectivity index is 2.44. The average molecular weight is 252 g/mol. The van der Waals surface area contributed by atoms with Crippen LogP contribution in [0.5, 0.6) is 0 Å². The third kappa shape index (κ3) is 2.25. The highest BCUT2D eigenvalue weighted by Gasteiger charge is 2.20. The molecule has 2 rings (SSSR count). The van der Waals surface area contributed by atoms with Crippen molar-refractivity contribution in [2.45, 2.75) is 6.92 Å². The normalized spacial score (nSPS) is 10.4. The standard InChI is InChI=1S/C13H10F2O3/c1-2-17-13(16)12-9(14)6-8(7-10(12)15)11-4-3-5-18-11/h3-7H,2H2,1H3. The summed E-state index contributed by atoms with van der Waals surface area (Å²) >= 11 is 0. The molecule has 0 aliphatic heterocycles. The first kappa shape index (κ1) is 12.3. The molecule has 0 amide bonds. The molecule has 1 aromatic heterocycles. The highest BCUT2D eigenvalue weighted by molar-refractivity contribution is 5.90. The van der Waals surface area contributed by atoms with E-state index in [1.54, 1.807) is 19.1 Å². The fraction of sp³-hybridized carbons (Fsp3) is 0.154. The van der Waals surface area contributed by atoms with Crippen LogP contribution in [0.3, 0.4) is 0 Å². The van der Waals surface area contributed by atoms with Crippen molar-refractivity contribution in [3.05, 3.63) is 47.7 Å². The average Bonchev–Trinajstić information content (AvgIpc) is 2.81. The number of carbonyl (C=O) groups is 1. The number of esters is 1. The maximum atomic E-state index is 13.7. The van der Waals surface area contributed by atoms with Crippen molar-refractivity contribution in [3.63, 3.8) is 0 Å². The van der Waals surface area contributed by atoms with E-state index in [0.29, 0.717) is 5.76 Å². The SMILES string of the molecule is CCOC(=O)c1c(F)cc(-c2ccco2)cc1F. The minimum atomic E-state index is -1.02. The fourth-order valence-corrected chi connectivity index (χ4v) is 1.56. The van der Waals surface area contributed by atoms with Crippen LogP contribution in [-0.4, -0.2) is 12.6 Å². The van der Waals surface area contributed by atoms with Gasteiger partial charge < -0.3 is 9.15 Å². The Morgan fingerprint density at radius 2 is 2.00 bits per heavy atom. The Hall–Kier alpha value is -2.17. The van der Waals surface area contributed by atoms with Gasteiger partial charge in [-0.05, 0) is 31.2 Å². The van der Waals surface area contributed by atoms with E-state index in [-0.39, 0.29) is 12.2 Å². The predicted octanol–water partition coefficient (Wildman–Crippen LogP) is 3.40. The maximum absolute atomic E-state index is 13.7. The second kappa shape index (κ2) is 5.00. The Kier molecular flexibility index (Phi) is 3.41. The van der Waals surface area contributed by atoms with Crippen molar-refractivity contribution in [1.82, 2.24) is 0 Å². The van der Waals surface area contributed by atoms with Crippen LogP contribution in [0.15, 0.2) is 34.9 Å². The molecule has 0 bridgehead atoms. The molecule has 0 saturated heterocycles. The van der Waals surface area contributed by atoms with E-state index in [9.17, 15) is 13.6 Å². The molecule has 0 aliphatic rings. The number of rotatable bonds is 3. The van der Waals surface area contributed by atoms with E-state index in [4.69, 9.17) is 4.42 Å². The first-order chi connectivity index (χ1) is 8.63. The number of ether oxygens (including phenoxy) is 1. The Morgan fingerprint density at radius 3 is 2.50 bits per heavy atom. The summed E-state index contributed by atoms with van der Waals surface area (Å²) in [6.45, 7) is 1.61. The molecule has 3 nitrogen and oxygen atoms in total. The van der Waals surface area contributed by atoms with Crippen LogP contribution < -0.4 is 0 Å². The van der Waals surface area contributed by atoms with Crippen LogP contribution >= 0.6 is 0 Å². The smallest absolute Gasteiger partial charge is 0.344 e. The molecule has 18 heavy (non-hydrogen) atoms. The topological polar surface area (TPSA) is 39.4 Å². The number of benzene rings is 1. The minimum absolute atomic E-state index is 0.0532. The van der Waals surface area contributed by atoms with Gasteiger partial charge in [-0.3, -0.25) is 0 Å². The van der Waals surface area contributed by atoms with Crippen molar-refractivity contribution < 1.29 is 22.7 Å². The largest absolute Gasteiger partial charge is 0.464 e. The zero-order valence-electron chi connectivity index (χ0n) is 9.57. The Labute approximate surface area is 102 Å².